The Hall–Kier alpha value is -4.16. The van der Waals surface area contributed by atoms with E-state index in [-0.39, 0.29) is 34.9 Å². The largest absolute Gasteiger partial charge is 0.481 e. The first kappa shape index (κ1) is 25.5. The van der Waals surface area contributed by atoms with Crippen LogP contribution in [0.2, 0.25) is 0 Å². The Morgan fingerprint density at radius 1 is 1.05 bits per heavy atom. The second-order valence-electron chi connectivity index (χ2n) is 9.98. The fraction of sp³-hybridized carbons (Fsp3) is 0.440. The molecule has 0 aliphatic heterocycles. The number of halogens is 2. The smallest absolute Gasteiger partial charge is 0.387 e. The maximum atomic E-state index is 13.2. The molecule has 2 heterocycles. The van der Waals surface area contributed by atoms with E-state index in [0.29, 0.717) is 31.4 Å². The van der Waals surface area contributed by atoms with Crippen LogP contribution in [-0.4, -0.2) is 55.6 Å². The standard InChI is InChI=1S/C25H26F2N6O5/c26-22(27)38-16-3-1-2-15(10-16)12-28-19(34)17-11-18(33-23(32-17)30-14-31-33)20(35)29-13-24-4-7-25(8-5-24,9-6-24)21(36)37/h1-3,10-11,14,22H,4-9,12-13H2,(H,28,34)(H,29,35)(H,36,37). The lowest BCUT2D eigenvalue weighted by Gasteiger charge is -2.51. The Bertz CT molecular complexity index is 1370. The van der Waals surface area contributed by atoms with Crippen molar-refractivity contribution >= 4 is 23.6 Å². The molecule has 0 saturated heterocycles. The molecule has 3 aliphatic carbocycles. The van der Waals surface area contributed by atoms with Crippen molar-refractivity contribution in [1.82, 2.24) is 30.2 Å². The molecular formula is C25H26F2N6O5. The third-order valence-corrected chi connectivity index (χ3v) is 7.77. The number of nitrogens with one attached hydrogen (secondary N) is 2. The normalized spacial score (nSPS) is 22.4. The number of rotatable bonds is 9. The molecule has 2 amide bonds. The second kappa shape index (κ2) is 9.95. The number of amides is 2. The van der Waals surface area contributed by atoms with Crippen LogP contribution in [0.3, 0.4) is 0 Å². The lowest BCUT2D eigenvalue weighted by molar-refractivity contribution is -0.158. The number of hydrogen-bond acceptors (Lipinski definition) is 7. The van der Waals surface area contributed by atoms with Crippen LogP contribution in [-0.2, 0) is 11.3 Å². The average molecular weight is 529 g/mol. The minimum Gasteiger partial charge on any atom is -0.481 e. The van der Waals surface area contributed by atoms with Gasteiger partial charge in [-0.3, -0.25) is 14.4 Å². The molecule has 2 bridgehead atoms. The Morgan fingerprint density at radius 2 is 1.79 bits per heavy atom. The number of carbonyl (C=O) groups excluding carboxylic acids is 2. The number of alkyl halides is 2. The summed E-state index contributed by atoms with van der Waals surface area (Å²) in [4.78, 5) is 45.9. The van der Waals surface area contributed by atoms with Gasteiger partial charge in [0.2, 0.25) is 0 Å². The lowest BCUT2D eigenvalue weighted by atomic mass is 9.53. The summed E-state index contributed by atoms with van der Waals surface area (Å²) in [6.45, 7) is -2.56. The number of aliphatic carboxylic acids is 1. The highest BCUT2D eigenvalue weighted by atomic mass is 19.3. The molecule has 11 nitrogen and oxygen atoms in total. The van der Waals surface area contributed by atoms with Crippen LogP contribution in [0, 0.1) is 10.8 Å². The Balaban J connectivity index is 1.27. The topological polar surface area (TPSA) is 148 Å². The van der Waals surface area contributed by atoms with Crippen molar-refractivity contribution in [1.29, 1.82) is 0 Å². The average Bonchev–Trinajstić information content (AvgIpc) is 3.39. The Morgan fingerprint density at radius 3 is 2.47 bits per heavy atom. The number of carboxylic acid groups (broad SMARTS) is 1. The number of carboxylic acids is 1. The predicted octanol–water partition coefficient (Wildman–Crippen LogP) is 2.81. The highest BCUT2D eigenvalue weighted by Crippen LogP contribution is 2.56. The highest BCUT2D eigenvalue weighted by Gasteiger charge is 2.52. The van der Waals surface area contributed by atoms with Gasteiger partial charge in [-0.2, -0.15) is 23.4 Å². The van der Waals surface area contributed by atoms with Crippen LogP contribution in [0.4, 0.5) is 8.78 Å². The van der Waals surface area contributed by atoms with Crippen molar-refractivity contribution in [2.75, 3.05) is 6.54 Å². The van der Waals surface area contributed by atoms with Crippen molar-refractivity contribution in [3.05, 3.63) is 53.6 Å². The zero-order valence-corrected chi connectivity index (χ0v) is 20.3. The minimum atomic E-state index is -2.96. The minimum absolute atomic E-state index is 0.0146. The zero-order chi connectivity index (χ0) is 26.9. The predicted molar refractivity (Wildman–Crippen MR) is 128 cm³/mol. The maximum absolute atomic E-state index is 13.2. The third kappa shape index (κ3) is 5.00. The van der Waals surface area contributed by atoms with Crippen molar-refractivity contribution in [2.24, 2.45) is 10.8 Å². The summed E-state index contributed by atoms with van der Waals surface area (Å²) < 4.78 is 30.6. The van der Waals surface area contributed by atoms with Gasteiger partial charge in [-0.05, 0) is 61.6 Å². The van der Waals surface area contributed by atoms with Crippen molar-refractivity contribution in [3.8, 4) is 5.75 Å². The number of aromatic nitrogens is 4. The summed E-state index contributed by atoms with van der Waals surface area (Å²) in [5.41, 5.74) is -0.236. The van der Waals surface area contributed by atoms with Gasteiger partial charge in [0.1, 0.15) is 23.5 Å². The van der Waals surface area contributed by atoms with E-state index in [2.05, 4.69) is 30.4 Å². The Kier molecular flexibility index (Phi) is 6.67. The maximum Gasteiger partial charge on any atom is 0.387 e. The van der Waals surface area contributed by atoms with E-state index >= 15 is 0 Å². The second-order valence-corrected chi connectivity index (χ2v) is 9.98. The summed E-state index contributed by atoms with van der Waals surface area (Å²) in [6.07, 6.45) is 5.21. The van der Waals surface area contributed by atoms with Gasteiger partial charge in [-0.15, -0.1) is 0 Å². The molecule has 13 heteroatoms. The van der Waals surface area contributed by atoms with Crippen molar-refractivity contribution in [3.63, 3.8) is 0 Å². The van der Waals surface area contributed by atoms with Gasteiger partial charge in [0.25, 0.3) is 17.6 Å². The summed E-state index contributed by atoms with van der Waals surface area (Å²) in [5, 5.41) is 19.2. The van der Waals surface area contributed by atoms with E-state index in [1.54, 1.807) is 6.07 Å². The molecule has 3 fully saturated rings. The van der Waals surface area contributed by atoms with E-state index in [1.807, 2.05) is 0 Å². The summed E-state index contributed by atoms with van der Waals surface area (Å²) >= 11 is 0. The number of benzene rings is 1. The molecule has 3 aromatic rings. The molecule has 3 N–H and O–H groups in total. The molecule has 200 valence electrons. The van der Waals surface area contributed by atoms with Gasteiger partial charge < -0.3 is 20.5 Å². The molecule has 3 aliphatic rings. The molecule has 2 aromatic heterocycles. The van der Waals surface area contributed by atoms with E-state index in [9.17, 15) is 28.3 Å². The fourth-order valence-corrected chi connectivity index (χ4v) is 5.40. The SMILES string of the molecule is O=C(NCc1cccc(OC(F)F)c1)c1cc(C(=O)NCC23CCC(C(=O)O)(CC2)CC3)n2ncnc2n1. The summed E-state index contributed by atoms with van der Waals surface area (Å²) in [5.74, 6) is -1.75. The molecule has 0 atom stereocenters. The van der Waals surface area contributed by atoms with E-state index < -0.39 is 29.8 Å². The molecule has 0 radical (unpaired) electrons. The first-order valence-corrected chi connectivity index (χ1v) is 12.2. The monoisotopic (exact) mass is 528 g/mol. The van der Waals surface area contributed by atoms with Crippen LogP contribution in [0.15, 0.2) is 36.7 Å². The Labute approximate surface area is 215 Å². The number of carbonyl (C=O) groups is 3. The van der Waals surface area contributed by atoms with Gasteiger partial charge >= 0.3 is 12.6 Å². The molecule has 0 spiro atoms. The number of hydrogen-bond donors (Lipinski definition) is 3. The van der Waals surface area contributed by atoms with Gasteiger partial charge in [0, 0.05) is 19.2 Å². The van der Waals surface area contributed by atoms with Crippen LogP contribution in [0.25, 0.3) is 5.78 Å². The number of fused-ring (bicyclic) bond motifs is 4. The van der Waals surface area contributed by atoms with E-state index in [1.165, 1.54) is 35.1 Å². The van der Waals surface area contributed by atoms with Crippen LogP contribution in [0.5, 0.6) is 5.75 Å². The quantitative estimate of drug-likeness (QED) is 0.384. The summed E-state index contributed by atoms with van der Waals surface area (Å²) in [7, 11) is 0. The van der Waals surface area contributed by atoms with Crippen molar-refractivity contribution < 1.29 is 33.0 Å². The van der Waals surface area contributed by atoms with Gasteiger partial charge in [0.05, 0.1) is 5.41 Å². The first-order valence-electron chi connectivity index (χ1n) is 12.2. The van der Waals surface area contributed by atoms with Crippen molar-refractivity contribution in [2.45, 2.75) is 51.7 Å². The number of ether oxygens (including phenoxy) is 1. The summed E-state index contributed by atoms with van der Waals surface area (Å²) in [6, 6.07) is 7.26. The molecule has 38 heavy (non-hydrogen) atoms. The molecule has 6 rings (SSSR count). The third-order valence-electron chi connectivity index (χ3n) is 7.77. The number of nitrogens with zero attached hydrogens (tertiary/aromatic N) is 4. The lowest BCUT2D eigenvalue weighted by Crippen LogP contribution is -2.50. The van der Waals surface area contributed by atoms with E-state index in [4.69, 9.17) is 0 Å². The van der Waals surface area contributed by atoms with Gasteiger partial charge in [-0.25, -0.2) is 4.98 Å². The van der Waals surface area contributed by atoms with Gasteiger partial charge in [-0.1, -0.05) is 12.1 Å². The fourth-order valence-electron chi connectivity index (χ4n) is 5.40. The zero-order valence-electron chi connectivity index (χ0n) is 20.3. The molecule has 0 unspecified atom stereocenters. The van der Waals surface area contributed by atoms with Gasteiger partial charge in [0.15, 0.2) is 0 Å². The van der Waals surface area contributed by atoms with Crippen LogP contribution < -0.4 is 15.4 Å². The molecule has 1 aromatic carbocycles. The van der Waals surface area contributed by atoms with Crippen LogP contribution in [0.1, 0.15) is 65.1 Å². The molecular weight excluding hydrogens is 502 g/mol. The first-order chi connectivity index (χ1) is 18.2. The van der Waals surface area contributed by atoms with E-state index in [0.717, 1.165) is 19.3 Å². The van der Waals surface area contributed by atoms with Crippen LogP contribution >= 0.6 is 0 Å². The highest BCUT2D eigenvalue weighted by molar-refractivity contribution is 5.98. The molecule has 3 saturated carbocycles.